The van der Waals surface area contributed by atoms with Crippen LogP contribution in [0.3, 0.4) is 0 Å². The molecule has 258 valence electrons. The number of benzene rings is 1. The van der Waals surface area contributed by atoms with Gasteiger partial charge in [0, 0.05) is 25.2 Å². The smallest absolute Gasteiger partial charge is 0.251 e. The molecule has 1 saturated carbocycles. The van der Waals surface area contributed by atoms with E-state index in [-0.39, 0.29) is 34.7 Å². The summed E-state index contributed by atoms with van der Waals surface area (Å²) in [5.74, 6) is 1.64. The predicted molar refractivity (Wildman–Crippen MR) is 187 cm³/mol. The highest BCUT2D eigenvalue weighted by Crippen LogP contribution is 2.40. The van der Waals surface area contributed by atoms with Crippen LogP contribution in [0.25, 0.3) is 0 Å². The van der Waals surface area contributed by atoms with Crippen molar-refractivity contribution in [1.29, 1.82) is 0 Å². The number of carbonyl (C=O) groups is 2. The standard InChI is InChI=1S/C36H55N7O4/c1-8-28-33(45)42(6)29-20-38-34(41-31(29)43(28)25-11-9-10-12-25)40-27-14-13-24(19-30(27)46-7)32(44)39-22-35(2,3)21-36(4,5)23-47-26-15-17-37-18-16-26/h13-14,19-20,25-26,28,37H,8-12,15-18,21-23H2,1-7H3,(H,39,44)(H,38,40,41)/t28-/m1/s1. The molecule has 2 fully saturated rings. The number of nitrogens with one attached hydrogen (secondary N) is 3. The summed E-state index contributed by atoms with van der Waals surface area (Å²) in [7, 11) is 3.38. The van der Waals surface area contributed by atoms with E-state index in [1.54, 1.807) is 37.4 Å². The molecule has 0 radical (unpaired) electrons. The summed E-state index contributed by atoms with van der Waals surface area (Å²) in [6.45, 7) is 14.2. The van der Waals surface area contributed by atoms with Crippen LogP contribution in [0.4, 0.5) is 23.1 Å². The average Bonchev–Trinajstić information content (AvgIpc) is 3.59. The van der Waals surface area contributed by atoms with Gasteiger partial charge in [-0.1, -0.05) is 47.5 Å². The lowest BCUT2D eigenvalue weighted by Gasteiger charge is -2.43. The molecule has 3 heterocycles. The Morgan fingerprint density at radius 2 is 1.81 bits per heavy atom. The van der Waals surface area contributed by atoms with Crippen LogP contribution in [0.2, 0.25) is 0 Å². The molecule has 11 nitrogen and oxygen atoms in total. The van der Waals surface area contributed by atoms with Crippen LogP contribution in [-0.2, 0) is 9.53 Å². The maximum Gasteiger partial charge on any atom is 0.251 e. The maximum absolute atomic E-state index is 13.3. The van der Waals surface area contributed by atoms with Gasteiger partial charge in [-0.15, -0.1) is 0 Å². The Kier molecular flexibility index (Phi) is 11.0. The topological polar surface area (TPSA) is 121 Å². The third kappa shape index (κ3) is 8.35. The van der Waals surface area contributed by atoms with E-state index in [1.165, 1.54) is 0 Å². The monoisotopic (exact) mass is 649 g/mol. The quantitative estimate of drug-likeness (QED) is 0.252. The Morgan fingerprint density at radius 1 is 1.09 bits per heavy atom. The number of hydrogen-bond acceptors (Lipinski definition) is 9. The largest absolute Gasteiger partial charge is 0.495 e. The van der Waals surface area contributed by atoms with Crippen molar-refractivity contribution in [2.24, 2.45) is 10.8 Å². The fraction of sp³-hybridized carbons (Fsp3) is 0.667. The van der Waals surface area contributed by atoms with Gasteiger partial charge in [-0.05, 0) is 80.6 Å². The van der Waals surface area contributed by atoms with Crippen molar-refractivity contribution >= 4 is 35.0 Å². The number of fused-ring (bicyclic) bond motifs is 1. The van der Waals surface area contributed by atoms with Gasteiger partial charge in [0.15, 0.2) is 5.82 Å². The summed E-state index contributed by atoms with van der Waals surface area (Å²) in [6, 6.07) is 5.39. The minimum absolute atomic E-state index is 0.00900. The minimum atomic E-state index is -0.241. The lowest BCUT2D eigenvalue weighted by atomic mass is 9.75. The lowest BCUT2D eigenvalue weighted by molar-refractivity contribution is -0.120. The van der Waals surface area contributed by atoms with E-state index in [4.69, 9.17) is 14.5 Å². The van der Waals surface area contributed by atoms with Crippen molar-refractivity contribution in [3.63, 3.8) is 0 Å². The van der Waals surface area contributed by atoms with Crippen LogP contribution in [0.5, 0.6) is 5.75 Å². The first-order valence-corrected chi connectivity index (χ1v) is 17.4. The first-order chi connectivity index (χ1) is 22.4. The van der Waals surface area contributed by atoms with Crippen molar-refractivity contribution in [2.75, 3.05) is 55.5 Å². The first kappa shape index (κ1) is 34.9. The summed E-state index contributed by atoms with van der Waals surface area (Å²) in [6.07, 6.45) is 10.2. The number of piperidine rings is 1. The summed E-state index contributed by atoms with van der Waals surface area (Å²) in [5.41, 5.74) is 1.76. The van der Waals surface area contributed by atoms with Crippen molar-refractivity contribution in [1.82, 2.24) is 20.6 Å². The first-order valence-electron chi connectivity index (χ1n) is 17.4. The highest BCUT2D eigenvalue weighted by atomic mass is 16.5. The third-order valence-electron chi connectivity index (χ3n) is 9.80. The summed E-state index contributed by atoms with van der Waals surface area (Å²) in [4.78, 5) is 39.9. The van der Waals surface area contributed by atoms with Crippen LogP contribution < -0.4 is 30.5 Å². The number of ether oxygens (including phenoxy) is 2. The predicted octanol–water partition coefficient (Wildman–Crippen LogP) is 5.67. The molecule has 0 bridgehead atoms. The zero-order valence-electron chi connectivity index (χ0n) is 29.4. The Balaban J connectivity index is 1.24. The maximum atomic E-state index is 13.3. The summed E-state index contributed by atoms with van der Waals surface area (Å²) < 4.78 is 12.0. The average molecular weight is 650 g/mol. The molecule has 2 amide bonds. The van der Waals surface area contributed by atoms with E-state index < -0.39 is 0 Å². The molecule has 3 N–H and O–H groups in total. The van der Waals surface area contributed by atoms with E-state index in [0.29, 0.717) is 48.6 Å². The second kappa shape index (κ2) is 14.8. The van der Waals surface area contributed by atoms with Crippen LogP contribution in [0, 0.1) is 10.8 Å². The molecule has 1 aliphatic carbocycles. The third-order valence-corrected chi connectivity index (χ3v) is 9.80. The van der Waals surface area contributed by atoms with Gasteiger partial charge in [0.05, 0.1) is 31.7 Å². The molecule has 1 aromatic carbocycles. The van der Waals surface area contributed by atoms with Gasteiger partial charge < -0.3 is 35.2 Å². The van der Waals surface area contributed by atoms with Crippen LogP contribution >= 0.6 is 0 Å². The number of hydrogen-bond donors (Lipinski definition) is 3. The van der Waals surface area contributed by atoms with Crippen molar-refractivity contribution in [3.05, 3.63) is 30.0 Å². The highest BCUT2D eigenvalue weighted by Gasteiger charge is 2.41. The minimum Gasteiger partial charge on any atom is -0.495 e. The number of carbonyl (C=O) groups excluding carboxylic acids is 2. The Hall–Kier alpha value is -3.44. The number of anilines is 4. The molecule has 47 heavy (non-hydrogen) atoms. The summed E-state index contributed by atoms with van der Waals surface area (Å²) >= 11 is 0. The van der Waals surface area contributed by atoms with Crippen molar-refractivity contribution < 1.29 is 19.1 Å². The van der Waals surface area contributed by atoms with E-state index in [0.717, 1.165) is 69.5 Å². The van der Waals surface area contributed by atoms with Gasteiger partial charge in [-0.2, -0.15) is 4.98 Å². The SMILES string of the molecule is CC[C@@H]1C(=O)N(C)c2cnc(Nc3ccc(C(=O)NCC(C)(C)CC(C)(C)COC4CCNCC4)cc3OC)nc2N1C1CCCC1. The number of nitrogens with zero attached hydrogens (tertiary/aromatic N) is 4. The van der Waals surface area contributed by atoms with Gasteiger partial charge in [0.1, 0.15) is 17.5 Å². The van der Waals surface area contributed by atoms with Gasteiger partial charge >= 0.3 is 0 Å². The highest BCUT2D eigenvalue weighted by molar-refractivity contribution is 6.04. The molecule has 3 aliphatic rings. The Labute approximate surface area is 280 Å². The Bertz CT molecular complexity index is 1400. The molecular formula is C36H55N7O4. The zero-order chi connectivity index (χ0) is 33.8. The van der Waals surface area contributed by atoms with Crippen molar-refractivity contribution in [3.8, 4) is 5.75 Å². The van der Waals surface area contributed by atoms with Crippen LogP contribution in [0.1, 0.15) is 96.3 Å². The summed E-state index contributed by atoms with van der Waals surface area (Å²) in [5, 5.41) is 9.84. The van der Waals surface area contributed by atoms with Gasteiger partial charge in [0.2, 0.25) is 11.9 Å². The van der Waals surface area contributed by atoms with E-state index in [1.807, 2.05) is 6.07 Å². The number of methoxy groups -OCH3 is 1. The van der Waals surface area contributed by atoms with Crippen molar-refractivity contribution in [2.45, 2.75) is 104 Å². The van der Waals surface area contributed by atoms with E-state index >= 15 is 0 Å². The fourth-order valence-electron chi connectivity index (χ4n) is 7.64. The molecule has 1 atom stereocenters. The second-order valence-electron chi connectivity index (χ2n) is 15.1. The number of rotatable bonds is 13. The fourth-order valence-corrected chi connectivity index (χ4v) is 7.64. The molecule has 0 spiro atoms. The molecule has 11 heteroatoms. The van der Waals surface area contributed by atoms with Crippen LogP contribution in [-0.4, -0.2) is 80.4 Å². The van der Waals surface area contributed by atoms with Gasteiger partial charge in [-0.25, -0.2) is 4.98 Å². The number of aromatic nitrogens is 2. The van der Waals surface area contributed by atoms with Crippen LogP contribution in [0.15, 0.2) is 24.4 Å². The number of amides is 2. The number of likely N-dealkylation sites (N-methyl/N-ethyl adjacent to an activating group) is 1. The molecule has 0 unspecified atom stereocenters. The molecule has 1 aromatic heterocycles. The normalized spacial score (nSPS) is 19.6. The molecule has 5 rings (SSSR count). The lowest BCUT2D eigenvalue weighted by Crippen LogP contribution is -2.55. The molecule has 1 saturated heterocycles. The molecular weight excluding hydrogens is 594 g/mol. The van der Waals surface area contributed by atoms with E-state index in [2.05, 4.69) is 60.5 Å². The molecule has 2 aromatic rings. The second-order valence-corrected chi connectivity index (χ2v) is 15.1. The zero-order valence-corrected chi connectivity index (χ0v) is 29.4. The van der Waals surface area contributed by atoms with Gasteiger partial charge in [0.25, 0.3) is 5.91 Å². The Morgan fingerprint density at radius 3 is 2.49 bits per heavy atom. The van der Waals surface area contributed by atoms with E-state index in [9.17, 15) is 9.59 Å². The van der Waals surface area contributed by atoms with Gasteiger partial charge in [-0.3, -0.25) is 9.59 Å². The molecule has 2 aliphatic heterocycles.